The highest BCUT2D eigenvalue weighted by molar-refractivity contribution is 5.95. The lowest BCUT2D eigenvalue weighted by Crippen LogP contribution is -2.44. The normalized spacial score (nSPS) is 13.2. The van der Waals surface area contributed by atoms with Crippen LogP contribution in [0.25, 0.3) is 22.0 Å². The zero-order valence-corrected chi connectivity index (χ0v) is 25.3. The summed E-state index contributed by atoms with van der Waals surface area (Å²) < 4.78 is 84.7. The van der Waals surface area contributed by atoms with E-state index in [0.29, 0.717) is 22.5 Å². The van der Waals surface area contributed by atoms with Crippen LogP contribution in [0.3, 0.4) is 0 Å². The lowest BCUT2D eigenvalue weighted by atomic mass is 9.86. The largest absolute Gasteiger partial charge is 0.373 e. The van der Waals surface area contributed by atoms with E-state index < -0.39 is 41.7 Å². The molecule has 2 nitrogen and oxygen atoms in total. The maximum absolute atomic E-state index is 15.1. The summed E-state index contributed by atoms with van der Waals surface area (Å²) >= 11 is 0. The highest BCUT2D eigenvalue weighted by Gasteiger charge is 2.64. The van der Waals surface area contributed by atoms with Crippen molar-refractivity contribution < 1.29 is 26.3 Å². The number of benzene rings is 4. The first kappa shape index (κ1) is 32.1. The SMILES string of the molecule is CC(C)c1cc(C(F)(F)C(F)(F)C(F)F)cc(C(C)C)c1NC(c1ccccc1)c1cccc(-c2cccc3ccccc23)n1. The molecular formula is C37H34F6N2. The Morgan fingerprint density at radius 1 is 0.667 bits per heavy atom. The first-order chi connectivity index (χ1) is 21.3. The second kappa shape index (κ2) is 12.6. The second-order valence-electron chi connectivity index (χ2n) is 11.8. The van der Waals surface area contributed by atoms with Gasteiger partial charge in [0.2, 0.25) is 0 Å². The van der Waals surface area contributed by atoms with Gasteiger partial charge in [-0.1, -0.05) is 107 Å². The van der Waals surface area contributed by atoms with Crippen molar-refractivity contribution >= 4 is 16.5 Å². The number of hydrogen-bond donors (Lipinski definition) is 1. The maximum atomic E-state index is 15.1. The Hall–Kier alpha value is -4.33. The highest BCUT2D eigenvalue weighted by atomic mass is 19.3. The number of halogens is 6. The highest BCUT2D eigenvalue weighted by Crippen LogP contribution is 2.49. The van der Waals surface area contributed by atoms with Crippen LogP contribution in [0.2, 0.25) is 0 Å². The predicted octanol–water partition coefficient (Wildman–Crippen LogP) is 11.3. The van der Waals surface area contributed by atoms with Crippen LogP contribution in [0.15, 0.2) is 103 Å². The number of aromatic nitrogens is 1. The molecule has 8 heteroatoms. The number of pyridine rings is 1. The minimum Gasteiger partial charge on any atom is -0.372 e. The molecule has 0 spiro atoms. The summed E-state index contributed by atoms with van der Waals surface area (Å²) in [6.45, 7) is 6.98. The summed E-state index contributed by atoms with van der Waals surface area (Å²) in [5.74, 6) is -11.4. The Labute approximate surface area is 259 Å². The van der Waals surface area contributed by atoms with Crippen LogP contribution in [-0.2, 0) is 5.92 Å². The van der Waals surface area contributed by atoms with E-state index in [1.807, 2.05) is 91.0 Å². The van der Waals surface area contributed by atoms with E-state index in [-0.39, 0.29) is 0 Å². The van der Waals surface area contributed by atoms with E-state index in [1.54, 1.807) is 27.7 Å². The maximum Gasteiger partial charge on any atom is 0.373 e. The molecule has 0 aliphatic carbocycles. The first-order valence-corrected chi connectivity index (χ1v) is 14.8. The molecule has 4 aromatic carbocycles. The molecule has 0 saturated carbocycles. The van der Waals surface area contributed by atoms with Gasteiger partial charge < -0.3 is 5.32 Å². The molecule has 0 saturated heterocycles. The summed E-state index contributed by atoms with van der Waals surface area (Å²) in [7, 11) is 0. The summed E-state index contributed by atoms with van der Waals surface area (Å²) in [4.78, 5) is 5.06. The molecule has 5 aromatic rings. The van der Waals surface area contributed by atoms with Crippen LogP contribution in [0.4, 0.5) is 32.0 Å². The fraction of sp³-hybridized carbons (Fsp3) is 0.270. The van der Waals surface area contributed by atoms with E-state index >= 15 is 8.78 Å². The van der Waals surface area contributed by atoms with E-state index in [2.05, 4.69) is 5.32 Å². The first-order valence-electron chi connectivity index (χ1n) is 14.8. The zero-order valence-electron chi connectivity index (χ0n) is 25.3. The van der Waals surface area contributed by atoms with E-state index in [4.69, 9.17) is 4.98 Å². The van der Waals surface area contributed by atoms with Gasteiger partial charge >= 0.3 is 18.3 Å². The second-order valence-corrected chi connectivity index (χ2v) is 11.8. The lowest BCUT2D eigenvalue weighted by molar-refractivity contribution is -0.270. The van der Waals surface area contributed by atoms with Crippen molar-refractivity contribution in [1.82, 2.24) is 4.98 Å². The lowest BCUT2D eigenvalue weighted by Gasteiger charge is -2.31. The molecule has 1 heterocycles. The summed E-state index contributed by atoms with van der Waals surface area (Å²) in [5.41, 5.74) is 3.13. The van der Waals surface area contributed by atoms with Gasteiger partial charge in [-0.2, -0.15) is 17.6 Å². The molecule has 1 aromatic heterocycles. The van der Waals surface area contributed by atoms with E-state index in [9.17, 15) is 17.6 Å². The standard InChI is InChI=1S/C37H34F6N2/c1-22(2)29-20-26(36(40,41)37(42,43)35(38)39)21-30(23(3)4)34(29)45-33(25-13-6-5-7-14-25)32-19-11-18-31(44-32)28-17-10-15-24-12-8-9-16-27(24)28/h5-23,33,35,45H,1-4H3. The summed E-state index contributed by atoms with van der Waals surface area (Å²) in [6, 6.07) is 30.4. The molecule has 1 unspecified atom stereocenters. The van der Waals surface area contributed by atoms with Gasteiger partial charge in [-0.3, -0.25) is 4.98 Å². The Kier molecular flexibility index (Phi) is 8.97. The Bertz CT molecular complexity index is 1750. The minimum absolute atomic E-state index is 0.312. The Balaban J connectivity index is 1.68. The third kappa shape index (κ3) is 6.15. The third-order valence-corrected chi connectivity index (χ3v) is 8.05. The molecule has 1 atom stereocenters. The van der Waals surface area contributed by atoms with Crippen LogP contribution in [0.5, 0.6) is 0 Å². The van der Waals surface area contributed by atoms with Crippen LogP contribution in [-0.4, -0.2) is 17.3 Å². The number of hydrogen-bond acceptors (Lipinski definition) is 2. The number of alkyl halides is 6. The van der Waals surface area contributed by atoms with Crippen molar-refractivity contribution in [3.63, 3.8) is 0 Å². The average Bonchev–Trinajstić information content (AvgIpc) is 3.03. The van der Waals surface area contributed by atoms with Crippen molar-refractivity contribution in [2.45, 2.75) is 63.8 Å². The molecular weight excluding hydrogens is 586 g/mol. The average molecular weight is 621 g/mol. The van der Waals surface area contributed by atoms with Gasteiger partial charge in [-0.05, 0) is 63.6 Å². The molecule has 5 rings (SSSR count). The molecule has 234 valence electrons. The van der Waals surface area contributed by atoms with Crippen LogP contribution in [0, 0.1) is 0 Å². The zero-order chi connectivity index (χ0) is 32.5. The van der Waals surface area contributed by atoms with Crippen molar-refractivity contribution in [2.24, 2.45) is 0 Å². The van der Waals surface area contributed by atoms with Gasteiger partial charge in [0.1, 0.15) is 0 Å². The molecule has 0 aliphatic rings. The fourth-order valence-electron chi connectivity index (χ4n) is 5.60. The molecule has 45 heavy (non-hydrogen) atoms. The molecule has 0 bridgehead atoms. The Morgan fingerprint density at radius 3 is 1.87 bits per heavy atom. The van der Waals surface area contributed by atoms with Gasteiger partial charge in [0, 0.05) is 16.8 Å². The van der Waals surface area contributed by atoms with Crippen molar-refractivity contribution in [3.8, 4) is 11.3 Å². The molecule has 0 aliphatic heterocycles. The number of nitrogens with one attached hydrogen (secondary N) is 1. The van der Waals surface area contributed by atoms with Crippen molar-refractivity contribution in [3.05, 3.63) is 131 Å². The molecule has 0 fully saturated rings. The van der Waals surface area contributed by atoms with Crippen LogP contribution >= 0.6 is 0 Å². The van der Waals surface area contributed by atoms with Crippen LogP contribution in [0.1, 0.15) is 73.5 Å². The van der Waals surface area contributed by atoms with Gasteiger partial charge in [-0.15, -0.1) is 0 Å². The third-order valence-electron chi connectivity index (χ3n) is 8.05. The summed E-state index contributed by atoms with van der Waals surface area (Å²) in [6.07, 6.45) is -4.53. The number of rotatable bonds is 10. The minimum atomic E-state index is -5.54. The van der Waals surface area contributed by atoms with Gasteiger partial charge in [0.15, 0.2) is 0 Å². The van der Waals surface area contributed by atoms with E-state index in [1.165, 1.54) is 0 Å². The topological polar surface area (TPSA) is 24.9 Å². The smallest absolute Gasteiger partial charge is 0.372 e. The fourth-order valence-corrected chi connectivity index (χ4v) is 5.60. The van der Waals surface area contributed by atoms with Crippen LogP contribution < -0.4 is 5.32 Å². The molecule has 1 N–H and O–H groups in total. The molecule has 0 amide bonds. The van der Waals surface area contributed by atoms with Gasteiger partial charge in [-0.25, -0.2) is 8.78 Å². The Morgan fingerprint density at radius 2 is 1.24 bits per heavy atom. The predicted molar refractivity (Wildman–Crippen MR) is 169 cm³/mol. The summed E-state index contributed by atoms with van der Waals surface area (Å²) in [5, 5.41) is 5.63. The number of nitrogens with zero attached hydrogens (tertiary/aromatic N) is 1. The van der Waals surface area contributed by atoms with Gasteiger partial charge in [0.25, 0.3) is 0 Å². The van der Waals surface area contributed by atoms with Crippen molar-refractivity contribution in [2.75, 3.05) is 5.32 Å². The van der Waals surface area contributed by atoms with Crippen molar-refractivity contribution in [1.29, 1.82) is 0 Å². The van der Waals surface area contributed by atoms with E-state index in [0.717, 1.165) is 39.7 Å². The quantitative estimate of drug-likeness (QED) is 0.157. The van der Waals surface area contributed by atoms with Gasteiger partial charge in [0.05, 0.1) is 17.4 Å². The molecule has 0 radical (unpaired) electrons. The monoisotopic (exact) mass is 620 g/mol. The number of fused-ring (bicyclic) bond motifs is 1. The number of anilines is 1.